The fourth-order valence-electron chi connectivity index (χ4n) is 3.66. The van der Waals surface area contributed by atoms with Crippen LogP contribution in [-0.2, 0) is 4.79 Å². The van der Waals surface area contributed by atoms with Gasteiger partial charge in [0.25, 0.3) is 5.91 Å². The molecule has 0 aromatic heterocycles. The molecule has 0 bridgehead atoms. The van der Waals surface area contributed by atoms with E-state index in [4.69, 9.17) is 5.73 Å². The molecule has 4 amide bonds. The van der Waals surface area contributed by atoms with Crippen molar-refractivity contribution in [3.63, 3.8) is 0 Å². The van der Waals surface area contributed by atoms with Crippen LogP contribution < -0.4 is 16.0 Å². The first-order chi connectivity index (χ1) is 11.5. The minimum Gasteiger partial charge on any atom is -0.337 e. The zero-order valence-corrected chi connectivity index (χ0v) is 13.3. The van der Waals surface area contributed by atoms with Crippen LogP contribution in [0, 0.1) is 11.8 Å². The molecule has 1 aromatic rings. The Kier molecular flexibility index (Phi) is 3.53. The van der Waals surface area contributed by atoms with Gasteiger partial charge in [0.05, 0.1) is 0 Å². The molecule has 2 atom stereocenters. The Labute approximate surface area is 139 Å². The molecule has 3 fully saturated rings. The summed E-state index contributed by atoms with van der Waals surface area (Å²) in [6, 6.07) is 6.42. The molecule has 3 N–H and O–H groups in total. The fraction of sp³-hybridized carbons (Fsp3) is 0.471. The molecule has 1 saturated carbocycles. The maximum Gasteiger partial charge on any atom is 0.329 e. The second-order valence-corrected chi connectivity index (χ2v) is 6.86. The molecule has 126 valence electrons. The van der Waals surface area contributed by atoms with E-state index in [-0.39, 0.29) is 24.4 Å². The van der Waals surface area contributed by atoms with E-state index in [1.54, 1.807) is 24.3 Å². The summed E-state index contributed by atoms with van der Waals surface area (Å²) < 4.78 is 0. The summed E-state index contributed by atoms with van der Waals surface area (Å²) in [7, 11) is 0. The highest BCUT2D eigenvalue weighted by atomic mass is 16.2. The molecule has 0 spiro atoms. The number of rotatable bonds is 3. The number of carbonyl (C=O) groups is 3. The van der Waals surface area contributed by atoms with Gasteiger partial charge in [-0.05, 0) is 48.9 Å². The lowest BCUT2D eigenvalue weighted by Gasteiger charge is -2.17. The second kappa shape index (κ2) is 5.59. The second-order valence-electron chi connectivity index (χ2n) is 6.86. The molecule has 2 unspecified atom stereocenters. The summed E-state index contributed by atoms with van der Waals surface area (Å²) in [5.41, 5.74) is 7.36. The molecular weight excluding hydrogens is 308 g/mol. The number of anilines is 1. The molecule has 1 aliphatic carbocycles. The number of likely N-dealkylation sites (tertiary alicyclic amines) is 1. The SMILES string of the molecule is NC1CN(C(=O)c2ccc(N3CC(=O)NC3=O)cc2)CC1C1CC1. The number of hydrogen-bond donors (Lipinski definition) is 2. The predicted octanol–water partition coefficient (Wildman–Crippen LogP) is 0.552. The molecule has 7 heteroatoms. The topological polar surface area (TPSA) is 95.7 Å². The van der Waals surface area contributed by atoms with E-state index in [0.717, 1.165) is 6.54 Å². The monoisotopic (exact) mass is 328 g/mol. The Balaban J connectivity index is 1.46. The smallest absolute Gasteiger partial charge is 0.329 e. The Morgan fingerprint density at radius 2 is 1.83 bits per heavy atom. The number of amides is 4. The standard InChI is InChI=1S/C17H20N4O3/c18-14-8-20(7-13(14)10-1-2-10)16(23)11-3-5-12(6-4-11)21-9-15(22)19-17(21)24/h3-6,10,13-14H,1-2,7-9,18H2,(H,19,22,24). The van der Waals surface area contributed by atoms with E-state index in [2.05, 4.69) is 5.32 Å². The number of imide groups is 1. The van der Waals surface area contributed by atoms with E-state index >= 15 is 0 Å². The number of nitrogens with zero attached hydrogens (tertiary/aromatic N) is 2. The van der Waals surface area contributed by atoms with Crippen molar-refractivity contribution in [3.05, 3.63) is 29.8 Å². The van der Waals surface area contributed by atoms with E-state index in [0.29, 0.717) is 29.6 Å². The van der Waals surface area contributed by atoms with Crippen LogP contribution in [0.2, 0.25) is 0 Å². The number of nitrogens with two attached hydrogens (primary N) is 1. The predicted molar refractivity (Wildman–Crippen MR) is 87.4 cm³/mol. The highest BCUT2D eigenvalue weighted by molar-refractivity contribution is 6.12. The maximum absolute atomic E-state index is 12.7. The zero-order chi connectivity index (χ0) is 16.8. The molecule has 3 aliphatic rings. The van der Waals surface area contributed by atoms with Crippen LogP contribution in [0.5, 0.6) is 0 Å². The van der Waals surface area contributed by atoms with Crippen LogP contribution in [0.15, 0.2) is 24.3 Å². The molecule has 1 aromatic carbocycles. The van der Waals surface area contributed by atoms with Gasteiger partial charge in [-0.15, -0.1) is 0 Å². The Morgan fingerprint density at radius 1 is 1.12 bits per heavy atom. The van der Waals surface area contributed by atoms with Gasteiger partial charge in [-0.1, -0.05) is 0 Å². The zero-order valence-electron chi connectivity index (χ0n) is 13.3. The summed E-state index contributed by atoms with van der Waals surface area (Å²) in [5.74, 6) is 0.762. The van der Waals surface area contributed by atoms with Gasteiger partial charge in [0, 0.05) is 30.4 Å². The van der Waals surface area contributed by atoms with Gasteiger partial charge in [-0.25, -0.2) is 4.79 Å². The highest BCUT2D eigenvalue weighted by Crippen LogP contribution is 2.41. The quantitative estimate of drug-likeness (QED) is 0.792. The van der Waals surface area contributed by atoms with Crippen LogP contribution >= 0.6 is 0 Å². The first-order valence-electron chi connectivity index (χ1n) is 8.29. The van der Waals surface area contributed by atoms with Crippen molar-refractivity contribution in [2.24, 2.45) is 17.6 Å². The number of benzene rings is 1. The first kappa shape index (κ1) is 15.1. The highest BCUT2D eigenvalue weighted by Gasteiger charge is 2.42. The molecule has 0 radical (unpaired) electrons. The molecular formula is C17H20N4O3. The summed E-state index contributed by atoms with van der Waals surface area (Å²) in [4.78, 5) is 38.8. The first-order valence-corrected chi connectivity index (χ1v) is 8.29. The molecule has 4 rings (SSSR count). The van der Waals surface area contributed by atoms with Crippen LogP contribution in [-0.4, -0.2) is 48.4 Å². The number of nitrogens with one attached hydrogen (secondary N) is 1. The number of carbonyl (C=O) groups excluding carboxylic acids is 3. The average Bonchev–Trinajstić information content (AvgIpc) is 3.25. The fourth-order valence-corrected chi connectivity index (χ4v) is 3.66. The summed E-state index contributed by atoms with van der Waals surface area (Å²) >= 11 is 0. The van der Waals surface area contributed by atoms with Crippen molar-refractivity contribution in [1.29, 1.82) is 0 Å². The minimum absolute atomic E-state index is 0.0101. The third-order valence-corrected chi connectivity index (χ3v) is 5.15. The van der Waals surface area contributed by atoms with E-state index in [9.17, 15) is 14.4 Å². The molecule has 2 heterocycles. The number of urea groups is 1. The van der Waals surface area contributed by atoms with Gasteiger partial charge in [-0.3, -0.25) is 19.8 Å². The van der Waals surface area contributed by atoms with Gasteiger partial charge in [0.15, 0.2) is 0 Å². The molecule has 24 heavy (non-hydrogen) atoms. The van der Waals surface area contributed by atoms with Crippen LogP contribution in [0.1, 0.15) is 23.2 Å². The normalized spacial score (nSPS) is 26.9. The van der Waals surface area contributed by atoms with Crippen molar-refractivity contribution >= 4 is 23.5 Å². The third-order valence-electron chi connectivity index (χ3n) is 5.15. The molecule has 7 nitrogen and oxygen atoms in total. The van der Waals surface area contributed by atoms with Gasteiger partial charge in [-0.2, -0.15) is 0 Å². The van der Waals surface area contributed by atoms with Crippen molar-refractivity contribution in [2.45, 2.75) is 18.9 Å². The van der Waals surface area contributed by atoms with Gasteiger partial charge < -0.3 is 10.6 Å². The van der Waals surface area contributed by atoms with E-state index in [1.165, 1.54) is 17.7 Å². The lowest BCUT2D eigenvalue weighted by Crippen LogP contribution is -2.32. The third kappa shape index (κ3) is 2.65. The molecule has 2 aliphatic heterocycles. The van der Waals surface area contributed by atoms with Gasteiger partial charge >= 0.3 is 6.03 Å². The maximum atomic E-state index is 12.7. The van der Waals surface area contributed by atoms with E-state index in [1.807, 2.05) is 4.90 Å². The van der Waals surface area contributed by atoms with Crippen molar-refractivity contribution in [1.82, 2.24) is 10.2 Å². The average molecular weight is 328 g/mol. The number of hydrogen-bond acceptors (Lipinski definition) is 4. The largest absolute Gasteiger partial charge is 0.337 e. The van der Waals surface area contributed by atoms with Crippen LogP contribution in [0.4, 0.5) is 10.5 Å². The summed E-state index contributed by atoms with van der Waals surface area (Å²) in [6.07, 6.45) is 2.46. The summed E-state index contributed by atoms with van der Waals surface area (Å²) in [6.45, 7) is 1.34. The Bertz CT molecular complexity index is 698. The van der Waals surface area contributed by atoms with Crippen LogP contribution in [0.25, 0.3) is 0 Å². The van der Waals surface area contributed by atoms with Crippen LogP contribution in [0.3, 0.4) is 0 Å². The molecule has 2 saturated heterocycles. The van der Waals surface area contributed by atoms with Crippen molar-refractivity contribution < 1.29 is 14.4 Å². The lowest BCUT2D eigenvalue weighted by molar-refractivity contribution is -0.117. The van der Waals surface area contributed by atoms with Gasteiger partial charge in [0.2, 0.25) is 5.91 Å². The van der Waals surface area contributed by atoms with Gasteiger partial charge in [0.1, 0.15) is 6.54 Å². The summed E-state index contributed by atoms with van der Waals surface area (Å²) in [5, 5.41) is 2.23. The minimum atomic E-state index is -0.433. The Morgan fingerprint density at radius 3 is 2.42 bits per heavy atom. The van der Waals surface area contributed by atoms with Crippen molar-refractivity contribution in [2.75, 3.05) is 24.5 Å². The lowest BCUT2D eigenvalue weighted by atomic mass is 9.99. The Hall–Kier alpha value is -2.41. The van der Waals surface area contributed by atoms with E-state index < -0.39 is 6.03 Å². The van der Waals surface area contributed by atoms with Crippen molar-refractivity contribution in [3.8, 4) is 0 Å².